The molecule has 0 aliphatic rings. The number of tetrazole rings is 1. The van der Waals surface area contributed by atoms with Gasteiger partial charge in [0, 0.05) is 34.6 Å². The van der Waals surface area contributed by atoms with Gasteiger partial charge in [0.05, 0.1) is 13.4 Å². The zero-order valence-corrected chi connectivity index (χ0v) is 24.9. The van der Waals surface area contributed by atoms with Crippen LogP contribution in [0.2, 0.25) is 5.02 Å². The molecule has 43 heavy (non-hydrogen) atoms. The summed E-state index contributed by atoms with van der Waals surface area (Å²) in [5, 5.41) is 14.4. The fourth-order valence-corrected chi connectivity index (χ4v) is 5.71. The maximum absolute atomic E-state index is 14.0. The van der Waals surface area contributed by atoms with Crippen molar-refractivity contribution >= 4 is 22.5 Å². The van der Waals surface area contributed by atoms with Crippen LogP contribution in [0, 0.1) is 13.8 Å². The zero-order chi connectivity index (χ0) is 29.9. The molecule has 3 aromatic carbocycles. The van der Waals surface area contributed by atoms with Crippen molar-refractivity contribution in [2.45, 2.75) is 39.5 Å². The first-order valence-electron chi connectivity index (χ1n) is 13.9. The van der Waals surface area contributed by atoms with E-state index in [1.807, 2.05) is 86.6 Å². The topological polar surface area (TPSA) is 102 Å². The molecule has 0 amide bonds. The van der Waals surface area contributed by atoms with Gasteiger partial charge in [-0.3, -0.25) is 9.69 Å². The minimum Gasteiger partial charge on any atom is -0.497 e. The van der Waals surface area contributed by atoms with Crippen molar-refractivity contribution < 1.29 is 9.15 Å². The van der Waals surface area contributed by atoms with E-state index in [9.17, 15) is 4.79 Å². The van der Waals surface area contributed by atoms with Gasteiger partial charge in [-0.05, 0) is 89.0 Å². The van der Waals surface area contributed by atoms with E-state index in [2.05, 4.69) is 31.5 Å². The molecule has 0 spiro atoms. The number of benzene rings is 3. The average Bonchev–Trinajstić information content (AvgIpc) is 3.68. The van der Waals surface area contributed by atoms with Crippen LogP contribution in [-0.2, 0) is 19.6 Å². The molecule has 218 valence electrons. The van der Waals surface area contributed by atoms with Gasteiger partial charge in [-0.15, -0.1) is 5.10 Å². The van der Waals surface area contributed by atoms with E-state index in [1.165, 1.54) is 0 Å². The number of fused-ring (bicyclic) bond motifs is 1. The van der Waals surface area contributed by atoms with E-state index in [1.54, 1.807) is 18.1 Å². The second-order valence-corrected chi connectivity index (χ2v) is 11.0. The first-order valence-corrected chi connectivity index (χ1v) is 14.3. The van der Waals surface area contributed by atoms with Gasteiger partial charge in [0.1, 0.15) is 24.1 Å². The lowest BCUT2D eigenvalue weighted by Crippen LogP contribution is -2.35. The number of nitrogens with one attached hydrogen (secondary N) is 1. The predicted molar refractivity (Wildman–Crippen MR) is 165 cm³/mol. The Balaban J connectivity index is 1.55. The van der Waals surface area contributed by atoms with E-state index in [-0.39, 0.29) is 5.56 Å². The smallest absolute Gasteiger partial charge is 0.253 e. The monoisotopic (exact) mass is 594 g/mol. The molecule has 9 nitrogen and oxygen atoms in total. The second kappa shape index (κ2) is 12.2. The first-order chi connectivity index (χ1) is 20.9. The Morgan fingerprint density at radius 3 is 2.58 bits per heavy atom. The van der Waals surface area contributed by atoms with Crippen LogP contribution in [0.4, 0.5) is 0 Å². The van der Waals surface area contributed by atoms with Gasteiger partial charge in [-0.25, -0.2) is 4.68 Å². The normalized spacial score (nSPS) is 12.2. The molecule has 6 rings (SSSR count). The summed E-state index contributed by atoms with van der Waals surface area (Å²) < 4.78 is 12.7. The van der Waals surface area contributed by atoms with Crippen LogP contribution in [0.3, 0.4) is 0 Å². The lowest BCUT2D eigenvalue weighted by atomic mass is 9.99. The second-order valence-electron chi connectivity index (χ2n) is 10.6. The Bertz CT molecular complexity index is 1910. The van der Waals surface area contributed by atoms with Crippen LogP contribution in [0.25, 0.3) is 10.9 Å². The number of ether oxygens (including phenoxy) is 1. The highest BCUT2D eigenvalue weighted by Gasteiger charge is 2.32. The summed E-state index contributed by atoms with van der Waals surface area (Å²) in [7, 11) is 1.64. The summed E-state index contributed by atoms with van der Waals surface area (Å²) in [6.45, 7) is 5.26. The van der Waals surface area contributed by atoms with Gasteiger partial charge in [-0.1, -0.05) is 48.0 Å². The van der Waals surface area contributed by atoms with Crippen LogP contribution in [0.15, 0.2) is 94.3 Å². The van der Waals surface area contributed by atoms with Crippen molar-refractivity contribution in [1.29, 1.82) is 0 Å². The van der Waals surface area contributed by atoms with E-state index in [0.29, 0.717) is 41.8 Å². The number of pyridine rings is 1. The van der Waals surface area contributed by atoms with Gasteiger partial charge < -0.3 is 14.1 Å². The number of halogens is 1. The number of methoxy groups -OCH3 is 1. The fraction of sp³-hybridized carbons (Fsp3) is 0.212. The van der Waals surface area contributed by atoms with Crippen molar-refractivity contribution in [1.82, 2.24) is 30.1 Å². The van der Waals surface area contributed by atoms with E-state index in [0.717, 1.165) is 38.9 Å². The molecule has 0 aliphatic heterocycles. The number of nitrogens with zero attached hydrogens (tertiary/aromatic N) is 5. The molecule has 0 saturated carbocycles. The highest BCUT2D eigenvalue weighted by atomic mass is 35.5. The molecule has 0 fully saturated rings. The van der Waals surface area contributed by atoms with Gasteiger partial charge in [0.2, 0.25) is 0 Å². The fourth-order valence-electron chi connectivity index (χ4n) is 5.51. The summed E-state index contributed by atoms with van der Waals surface area (Å²) in [6.07, 6.45) is 1.61. The minimum atomic E-state index is -0.641. The lowest BCUT2D eigenvalue weighted by molar-refractivity contribution is 0.193. The predicted octanol–water partition coefficient (Wildman–Crippen LogP) is 6.23. The minimum absolute atomic E-state index is 0.214. The third-order valence-corrected chi connectivity index (χ3v) is 7.94. The highest BCUT2D eigenvalue weighted by Crippen LogP contribution is 2.32. The SMILES string of the molecule is COc1ccc(CN(Cc2ccccc2Cl)C(c2cc3c(C)cc(C)cc3[nH]c2=O)c2nnnn2Cc2ccco2)cc1. The first kappa shape index (κ1) is 28.4. The number of aryl methyl sites for hydroxylation is 2. The average molecular weight is 595 g/mol. The van der Waals surface area contributed by atoms with E-state index < -0.39 is 6.04 Å². The van der Waals surface area contributed by atoms with Crippen molar-refractivity contribution in [3.8, 4) is 5.75 Å². The highest BCUT2D eigenvalue weighted by molar-refractivity contribution is 6.31. The van der Waals surface area contributed by atoms with Crippen LogP contribution in [0.5, 0.6) is 5.75 Å². The maximum atomic E-state index is 14.0. The Morgan fingerprint density at radius 1 is 1.02 bits per heavy atom. The molecular weight excluding hydrogens is 564 g/mol. The molecule has 6 aromatic rings. The Morgan fingerprint density at radius 2 is 1.84 bits per heavy atom. The van der Waals surface area contributed by atoms with Crippen LogP contribution < -0.4 is 10.3 Å². The van der Waals surface area contributed by atoms with Crippen molar-refractivity contribution in [2.24, 2.45) is 0 Å². The number of aromatic nitrogens is 5. The Kier molecular flexibility index (Phi) is 8.09. The Hall–Kier alpha value is -4.73. The molecule has 10 heteroatoms. The van der Waals surface area contributed by atoms with Crippen molar-refractivity contribution in [2.75, 3.05) is 7.11 Å². The van der Waals surface area contributed by atoms with Crippen LogP contribution in [-0.4, -0.2) is 37.2 Å². The van der Waals surface area contributed by atoms with Gasteiger partial charge in [0.15, 0.2) is 5.82 Å². The third kappa shape index (κ3) is 6.09. The Labute approximate surface area is 253 Å². The molecule has 1 unspecified atom stereocenters. The molecule has 1 N–H and O–H groups in total. The molecule has 3 heterocycles. The summed E-state index contributed by atoms with van der Waals surface area (Å²) in [6, 6.07) is 24.7. The number of aromatic amines is 1. The summed E-state index contributed by atoms with van der Waals surface area (Å²) in [4.78, 5) is 19.3. The summed E-state index contributed by atoms with van der Waals surface area (Å²) in [5.74, 6) is 1.96. The molecule has 0 saturated heterocycles. The molecule has 3 aromatic heterocycles. The number of hydrogen-bond acceptors (Lipinski definition) is 7. The van der Waals surface area contributed by atoms with Crippen molar-refractivity contribution in [3.05, 3.63) is 140 Å². The molecule has 0 aliphatic carbocycles. The van der Waals surface area contributed by atoms with Gasteiger partial charge >= 0.3 is 0 Å². The molecule has 1 atom stereocenters. The number of furan rings is 1. The summed E-state index contributed by atoms with van der Waals surface area (Å²) in [5.41, 5.74) is 5.17. The number of H-pyrrole nitrogens is 1. The number of rotatable bonds is 10. The molecular formula is C33H31ClN6O3. The van der Waals surface area contributed by atoms with E-state index in [4.69, 9.17) is 20.8 Å². The standard InChI is InChI=1S/C33H31ClN6O3/c1-21-15-22(2)27-17-28(33(41)35-30(27)16-21)31(32-36-37-38-40(32)20-26-8-6-14-43-26)39(19-24-7-4-5-9-29(24)34)18-23-10-12-25(42-3)13-11-23/h4-17,31H,18-20H2,1-3H3,(H,35,41). The summed E-state index contributed by atoms with van der Waals surface area (Å²) >= 11 is 6.69. The van der Waals surface area contributed by atoms with Crippen LogP contribution >= 0.6 is 11.6 Å². The van der Waals surface area contributed by atoms with Gasteiger partial charge in [-0.2, -0.15) is 0 Å². The van der Waals surface area contributed by atoms with Crippen molar-refractivity contribution in [3.63, 3.8) is 0 Å². The zero-order valence-electron chi connectivity index (χ0n) is 24.1. The maximum Gasteiger partial charge on any atom is 0.253 e. The number of hydrogen-bond donors (Lipinski definition) is 1. The van der Waals surface area contributed by atoms with Crippen LogP contribution in [0.1, 0.15) is 45.4 Å². The molecule has 0 radical (unpaired) electrons. The quantitative estimate of drug-likeness (QED) is 0.201. The largest absolute Gasteiger partial charge is 0.497 e. The lowest BCUT2D eigenvalue weighted by Gasteiger charge is -2.31. The molecule has 0 bridgehead atoms. The van der Waals surface area contributed by atoms with E-state index >= 15 is 0 Å². The van der Waals surface area contributed by atoms with Gasteiger partial charge in [0.25, 0.3) is 5.56 Å². The third-order valence-electron chi connectivity index (χ3n) is 7.57.